The molecule has 1 aliphatic heterocycles. The quantitative estimate of drug-likeness (QED) is 0.666. The average Bonchev–Trinajstić information content (AvgIpc) is 2.52. The Morgan fingerprint density at radius 1 is 1.12 bits per heavy atom. The maximum Gasteiger partial charge on any atom is 0.192 e. The second-order valence-corrected chi connectivity index (χ2v) is 13.0. The van der Waals surface area contributed by atoms with E-state index in [0.717, 1.165) is 0 Å². The summed E-state index contributed by atoms with van der Waals surface area (Å²) in [7, 11) is -1.76. The van der Waals surface area contributed by atoms with Gasteiger partial charge in [-0.05, 0) is 29.8 Å². The molecule has 24 heavy (non-hydrogen) atoms. The normalized spacial score (nSPS) is 24.7. The van der Waals surface area contributed by atoms with Gasteiger partial charge in [-0.1, -0.05) is 58.0 Å². The van der Waals surface area contributed by atoms with Gasteiger partial charge in [-0.15, -0.1) is 0 Å². The van der Waals surface area contributed by atoms with Crippen LogP contribution in [0.5, 0.6) is 0 Å². The molecule has 1 aliphatic rings. The number of benzene rings is 1. The van der Waals surface area contributed by atoms with E-state index in [0.29, 0.717) is 13.2 Å². The molecule has 134 valence electrons. The third-order valence-electron chi connectivity index (χ3n) is 5.33. The summed E-state index contributed by atoms with van der Waals surface area (Å²) in [5, 5.41) is 0.212. The monoisotopic (exact) mass is 348 g/mol. The van der Waals surface area contributed by atoms with E-state index in [-0.39, 0.29) is 23.2 Å². The molecular weight excluding hydrogens is 316 g/mol. The van der Waals surface area contributed by atoms with E-state index in [4.69, 9.17) is 13.9 Å². The maximum absolute atomic E-state index is 6.34. The first-order chi connectivity index (χ1) is 11.2. The van der Waals surface area contributed by atoms with E-state index in [1.807, 2.05) is 24.3 Å². The van der Waals surface area contributed by atoms with E-state index < -0.39 is 8.32 Å². The summed E-state index contributed by atoms with van der Waals surface area (Å²) in [6.07, 6.45) is 3.89. The second kappa shape index (κ2) is 7.85. The molecular formula is C20H32O3Si. The Morgan fingerprint density at radius 2 is 1.79 bits per heavy atom. The minimum atomic E-state index is -1.76. The van der Waals surface area contributed by atoms with Crippen molar-refractivity contribution >= 4 is 8.32 Å². The molecule has 0 spiro atoms. The van der Waals surface area contributed by atoms with Crippen LogP contribution in [-0.2, 0) is 20.5 Å². The lowest BCUT2D eigenvalue weighted by molar-refractivity contribution is -0.0512. The fourth-order valence-electron chi connectivity index (χ4n) is 2.41. The number of ether oxygens (including phenoxy) is 2. The molecule has 0 aromatic heterocycles. The highest BCUT2D eigenvalue weighted by atomic mass is 28.4. The highest BCUT2D eigenvalue weighted by Crippen LogP contribution is 2.37. The van der Waals surface area contributed by atoms with Gasteiger partial charge >= 0.3 is 0 Å². The predicted octanol–water partition coefficient (Wildman–Crippen LogP) is 5.14. The van der Waals surface area contributed by atoms with Crippen molar-refractivity contribution in [1.82, 2.24) is 0 Å². The van der Waals surface area contributed by atoms with E-state index in [1.54, 1.807) is 6.26 Å². The molecule has 3 nitrogen and oxygen atoms in total. The Labute approximate surface area is 148 Å². The van der Waals surface area contributed by atoms with Crippen LogP contribution in [0.3, 0.4) is 0 Å². The zero-order chi connectivity index (χ0) is 17.8. The van der Waals surface area contributed by atoms with Crippen LogP contribution >= 0.6 is 0 Å². The Kier molecular flexibility index (Phi) is 6.29. The van der Waals surface area contributed by atoms with Gasteiger partial charge in [-0.25, -0.2) is 0 Å². The molecule has 3 atom stereocenters. The van der Waals surface area contributed by atoms with Crippen LogP contribution in [-0.4, -0.2) is 27.1 Å². The second-order valence-electron chi connectivity index (χ2n) is 8.19. The lowest BCUT2D eigenvalue weighted by atomic mass is 9.96. The van der Waals surface area contributed by atoms with Gasteiger partial charge in [0.2, 0.25) is 0 Å². The minimum Gasteiger partial charge on any atom is -0.496 e. The van der Waals surface area contributed by atoms with Gasteiger partial charge in [0.05, 0.1) is 25.6 Å². The van der Waals surface area contributed by atoms with Crippen molar-refractivity contribution in [3.63, 3.8) is 0 Å². The van der Waals surface area contributed by atoms with Crippen LogP contribution in [0, 0.1) is 5.92 Å². The third kappa shape index (κ3) is 4.95. The summed E-state index contributed by atoms with van der Waals surface area (Å²) in [5.74, 6) is 0.267. The molecule has 0 radical (unpaired) electrons. The maximum atomic E-state index is 6.34. The molecule has 3 unspecified atom stereocenters. The highest BCUT2D eigenvalue weighted by molar-refractivity contribution is 6.74. The standard InChI is InChI=1S/C20H32O3Si/c1-16-18(22-14-17-10-8-7-9-11-17)12-13-21-19(16)15-23-24(5,6)20(2,3)4/h7-13,16,18-19H,14-15H2,1-6H3. The van der Waals surface area contributed by atoms with Crippen molar-refractivity contribution in [1.29, 1.82) is 0 Å². The minimum absolute atomic E-state index is 0.0462. The van der Waals surface area contributed by atoms with Crippen molar-refractivity contribution in [2.45, 2.75) is 64.6 Å². The number of rotatable bonds is 6. The summed E-state index contributed by atoms with van der Waals surface area (Å²) in [6, 6.07) is 10.3. The highest BCUT2D eigenvalue weighted by Gasteiger charge is 2.39. The van der Waals surface area contributed by atoms with E-state index in [9.17, 15) is 0 Å². The molecule has 0 saturated carbocycles. The molecule has 1 heterocycles. The van der Waals surface area contributed by atoms with Crippen molar-refractivity contribution in [3.8, 4) is 0 Å². The predicted molar refractivity (Wildman–Crippen MR) is 101 cm³/mol. The molecule has 0 fully saturated rings. The Hall–Kier alpha value is -1.10. The first-order valence-corrected chi connectivity index (χ1v) is 11.7. The summed E-state index contributed by atoms with van der Waals surface area (Å²) < 4.78 is 18.3. The van der Waals surface area contributed by atoms with E-state index >= 15 is 0 Å². The molecule has 0 saturated heterocycles. The molecule has 4 heteroatoms. The average molecular weight is 349 g/mol. The lowest BCUT2D eigenvalue weighted by Crippen LogP contribution is -2.45. The zero-order valence-corrected chi connectivity index (χ0v) is 16.9. The van der Waals surface area contributed by atoms with E-state index in [1.165, 1.54) is 5.56 Å². The van der Waals surface area contributed by atoms with Crippen LogP contribution in [0.25, 0.3) is 0 Å². The lowest BCUT2D eigenvalue weighted by Gasteiger charge is -2.39. The Bertz CT molecular complexity index is 534. The number of hydrogen-bond acceptors (Lipinski definition) is 3. The fourth-order valence-corrected chi connectivity index (χ4v) is 3.42. The van der Waals surface area contributed by atoms with Crippen LogP contribution < -0.4 is 0 Å². The van der Waals surface area contributed by atoms with Crippen molar-refractivity contribution in [3.05, 3.63) is 48.2 Å². The van der Waals surface area contributed by atoms with E-state index in [2.05, 4.69) is 52.9 Å². The SMILES string of the molecule is CC1C(OCc2ccccc2)C=COC1CO[Si](C)(C)C(C)(C)C. The Morgan fingerprint density at radius 3 is 2.42 bits per heavy atom. The van der Waals surface area contributed by atoms with Crippen molar-refractivity contribution in [2.75, 3.05) is 6.61 Å². The molecule has 1 aromatic rings. The van der Waals surface area contributed by atoms with Crippen molar-refractivity contribution in [2.24, 2.45) is 5.92 Å². The summed E-state index contributed by atoms with van der Waals surface area (Å²) in [6.45, 7) is 14.8. The summed E-state index contributed by atoms with van der Waals surface area (Å²) in [4.78, 5) is 0. The van der Waals surface area contributed by atoms with Gasteiger partial charge in [0.1, 0.15) is 6.10 Å². The summed E-state index contributed by atoms with van der Waals surface area (Å²) in [5.41, 5.74) is 1.19. The van der Waals surface area contributed by atoms with Crippen molar-refractivity contribution < 1.29 is 13.9 Å². The third-order valence-corrected chi connectivity index (χ3v) is 9.83. The molecule has 0 bridgehead atoms. The van der Waals surface area contributed by atoms with Crippen LogP contribution in [0.2, 0.25) is 18.1 Å². The molecule has 0 aliphatic carbocycles. The first kappa shape index (κ1) is 19.2. The smallest absolute Gasteiger partial charge is 0.192 e. The van der Waals surface area contributed by atoms with Gasteiger partial charge < -0.3 is 13.9 Å². The topological polar surface area (TPSA) is 27.7 Å². The molecule has 2 rings (SSSR count). The van der Waals surface area contributed by atoms with Gasteiger partial charge in [0.25, 0.3) is 0 Å². The fraction of sp³-hybridized carbons (Fsp3) is 0.600. The molecule has 0 N–H and O–H groups in total. The zero-order valence-electron chi connectivity index (χ0n) is 15.9. The van der Waals surface area contributed by atoms with Crippen LogP contribution in [0.4, 0.5) is 0 Å². The summed E-state index contributed by atoms with van der Waals surface area (Å²) >= 11 is 0. The Balaban J connectivity index is 1.89. The molecule has 1 aromatic carbocycles. The van der Waals surface area contributed by atoms with Crippen LogP contribution in [0.15, 0.2) is 42.7 Å². The van der Waals surface area contributed by atoms with Gasteiger partial charge in [-0.3, -0.25) is 0 Å². The van der Waals surface area contributed by atoms with Gasteiger partial charge in [-0.2, -0.15) is 0 Å². The van der Waals surface area contributed by atoms with Gasteiger partial charge in [0, 0.05) is 5.92 Å². The first-order valence-electron chi connectivity index (χ1n) is 8.82. The molecule has 0 amide bonds. The van der Waals surface area contributed by atoms with Gasteiger partial charge in [0.15, 0.2) is 8.32 Å². The largest absolute Gasteiger partial charge is 0.496 e. The van der Waals surface area contributed by atoms with Crippen LogP contribution in [0.1, 0.15) is 33.3 Å². The number of hydrogen-bond donors (Lipinski definition) is 0.